The van der Waals surface area contributed by atoms with Crippen molar-refractivity contribution in [3.63, 3.8) is 0 Å². The van der Waals surface area contributed by atoms with Crippen molar-refractivity contribution in [2.75, 3.05) is 13.7 Å². The van der Waals surface area contributed by atoms with Gasteiger partial charge in [0.1, 0.15) is 5.01 Å². The van der Waals surface area contributed by atoms with E-state index in [1.54, 1.807) is 18.4 Å². The molecule has 25 heavy (non-hydrogen) atoms. The molecule has 4 rings (SSSR count). The van der Waals surface area contributed by atoms with Crippen LogP contribution in [0.5, 0.6) is 0 Å². The summed E-state index contributed by atoms with van der Waals surface area (Å²) in [7, 11) is 1.78. The van der Waals surface area contributed by atoms with Gasteiger partial charge in [0.15, 0.2) is 0 Å². The Kier molecular flexibility index (Phi) is 4.66. The highest BCUT2D eigenvalue weighted by Gasteiger charge is 2.54. The third kappa shape index (κ3) is 3.25. The summed E-state index contributed by atoms with van der Waals surface area (Å²) in [6.45, 7) is 2.74. The molecule has 1 fully saturated rings. The van der Waals surface area contributed by atoms with Crippen molar-refractivity contribution in [2.24, 2.45) is 0 Å². The van der Waals surface area contributed by atoms with E-state index in [1.807, 2.05) is 0 Å². The van der Waals surface area contributed by atoms with Gasteiger partial charge in [0.25, 0.3) is 0 Å². The molecule has 1 aromatic heterocycles. The fourth-order valence-corrected chi connectivity index (χ4v) is 4.53. The maximum atomic E-state index is 5.57. The van der Waals surface area contributed by atoms with Crippen LogP contribution in [0.1, 0.15) is 40.0 Å². The largest absolute Gasteiger partial charge is 0.383 e. The summed E-state index contributed by atoms with van der Waals surface area (Å²) >= 11 is 1.76. The Morgan fingerprint density at radius 1 is 1.04 bits per heavy atom. The van der Waals surface area contributed by atoms with Gasteiger partial charge in [-0.1, -0.05) is 60.7 Å². The molecule has 1 saturated heterocycles. The van der Waals surface area contributed by atoms with Crippen LogP contribution in [0.15, 0.2) is 66.0 Å². The molecule has 0 amide bonds. The zero-order valence-electron chi connectivity index (χ0n) is 14.5. The lowest BCUT2D eigenvalue weighted by molar-refractivity contribution is 0.135. The first-order valence-electron chi connectivity index (χ1n) is 8.58. The smallest absolute Gasteiger partial charge is 0.112 e. The summed E-state index contributed by atoms with van der Waals surface area (Å²) in [4.78, 5) is 7.31. The first-order valence-corrected chi connectivity index (χ1v) is 9.46. The van der Waals surface area contributed by atoms with E-state index in [9.17, 15) is 0 Å². The zero-order chi connectivity index (χ0) is 17.2. The Morgan fingerprint density at radius 2 is 1.72 bits per heavy atom. The molecule has 1 aliphatic rings. The van der Waals surface area contributed by atoms with Crippen molar-refractivity contribution in [3.8, 4) is 0 Å². The average Bonchev–Trinajstić information content (AvgIpc) is 3.25. The predicted molar refractivity (Wildman–Crippen MR) is 102 cm³/mol. The number of aromatic nitrogens is 1. The summed E-state index contributed by atoms with van der Waals surface area (Å²) < 4.78 is 5.57. The molecule has 0 bridgehead atoms. The normalized spacial score (nSPS) is 23.4. The van der Waals surface area contributed by atoms with Gasteiger partial charge < -0.3 is 4.74 Å². The van der Waals surface area contributed by atoms with Gasteiger partial charge in [-0.25, -0.2) is 4.98 Å². The number of thiazole rings is 1. The zero-order valence-corrected chi connectivity index (χ0v) is 15.3. The molecule has 4 atom stereocenters. The Balaban J connectivity index is 1.71. The number of ether oxygens (including phenoxy) is 1. The Hall–Kier alpha value is -2.01. The highest BCUT2D eigenvalue weighted by Crippen LogP contribution is 2.59. The average molecular weight is 350 g/mol. The highest BCUT2D eigenvalue weighted by molar-refractivity contribution is 7.09. The summed E-state index contributed by atoms with van der Waals surface area (Å²) in [5.74, 6) is 0. The topological polar surface area (TPSA) is 25.1 Å². The van der Waals surface area contributed by atoms with Crippen molar-refractivity contribution in [3.05, 3.63) is 87.9 Å². The number of nitrogens with zero attached hydrogens (tertiary/aromatic N) is 2. The Morgan fingerprint density at radius 3 is 2.32 bits per heavy atom. The maximum absolute atomic E-state index is 5.57. The minimum Gasteiger partial charge on any atom is -0.383 e. The first kappa shape index (κ1) is 16.5. The van der Waals surface area contributed by atoms with Crippen LogP contribution in [0.25, 0.3) is 0 Å². The number of aryl methyl sites for hydroxylation is 1. The van der Waals surface area contributed by atoms with Crippen molar-refractivity contribution < 1.29 is 4.74 Å². The van der Waals surface area contributed by atoms with Gasteiger partial charge in [-0.05, 0) is 18.1 Å². The molecule has 128 valence electrons. The minimum atomic E-state index is 0.227. The van der Waals surface area contributed by atoms with E-state index >= 15 is 0 Å². The van der Waals surface area contributed by atoms with E-state index in [4.69, 9.17) is 9.72 Å². The molecular formula is C21H22N2OS. The summed E-state index contributed by atoms with van der Waals surface area (Å²) in [6.07, 6.45) is 0. The molecule has 0 N–H and O–H groups in total. The van der Waals surface area contributed by atoms with Crippen LogP contribution in [-0.2, 0) is 4.74 Å². The maximum Gasteiger partial charge on any atom is 0.112 e. The standard InChI is InChI=1S/C21H22N2OS/c1-15-14-25-21(22-15)20-19(17-11-7-4-8-12-17)23(20)18(13-24-2)16-9-5-3-6-10-16/h3-12,14,18-20H,13H2,1-2H3/t18-,19-,20-,23?/m1/s1. The third-order valence-corrected chi connectivity index (χ3v) is 5.78. The molecule has 1 aliphatic heterocycles. The number of rotatable bonds is 6. The second kappa shape index (κ2) is 7.08. The lowest BCUT2D eigenvalue weighted by Gasteiger charge is -2.19. The highest BCUT2D eigenvalue weighted by atomic mass is 32.1. The van der Waals surface area contributed by atoms with E-state index in [2.05, 4.69) is 77.9 Å². The molecule has 3 aromatic rings. The Bertz CT molecular complexity index is 818. The lowest BCUT2D eigenvalue weighted by atomic mass is 10.1. The van der Waals surface area contributed by atoms with E-state index in [0.29, 0.717) is 18.7 Å². The van der Waals surface area contributed by atoms with Crippen LogP contribution >= 0.6 is 11.3 Å². The number of benzene rings is 2. The predicted octanol–water partition coefficient (Wildman–Crippen LogP) is 4.94. The van der Waals surface area contributed by atoms with Gasteiger partial charge in [-0.3, -0.25) is 4.90 Å². The molecule has 0 aliphatic carbocycles. The van der Waals surface area contributed by atoms with E-state index in [0.717, 1.165) is 5.69 Å². The lowest BCUT2D eigenvalue weighted by Crippen LogP contribution is -2.16. The number of hydrogen-bond donors (Lipinski definition) is 0. The minimum absolute atomic E-state index is 0.227. The fourth-order valence-electron chi connectivity index (χ4n) is 3.60. The second-order valence-electron chi connectivity index (χ2n) is 6.46. The third-order valence-electron chi connectivity index (χ3n) is 4.75. The van der Waals surface area contributed by atoms with Crippen LogP contribution in [-0.4, -0.2) is 23.6 Å². The molecule has 2 aromatic carbocycles. The summed E-state index contributed by atoms with van der Waals surface area (Å²) in [5.41, 5.74) is 3.74. The molecule has 0 saturated carbocycles. The van der Waals surface area contributed by atoms with Crippen LogP contribution in [0.3, 0.4) is 0 Å². The van der Waals surface area contributed by atoms with E-state index < -0.39 is 0 Å². The van der Waals surface area contributed by atoms with Crippen LogP contribution in [0.2, 0.25) is 0 Å². The summed E-state index contributed by atoms with van der Waals surface area (Å²) in [6, 6.07) is 22.3. The van der Waals surface area contributed by atoms with E-state index in [-0.39, 0.29) is 6.04 Å². The fraction of sp³-hybridized carbons (Fsp3) is 0.286. The van der Waals surface area contributed by atoms with Crippen LogP contribution in [0, 0.1) is 6.92 Å². The Labute approximate surface area is 152 Å². The van der Waals surface area contributed by atoms with Gasteiger partial charge in [-0.15, -0.1) is 11.3 Å². The quantitative estimate of drug-likeness (QED) is 0.589. The summed E-state index contributed by atoms with van der Waals surface area (Å²) in [5, 5.41) is 3.34. The van der Waals surface area contributed by atoms with Crippen LogP contribution in [0.4, 0.5) is 0 Å². The molecule has 0 spiro atoms. The van der Waals surface area contributed by atoms with E-state index in [1.165, 1.54) is 16.1 Å². The van der Waals surface area contributed by atoms with Gasteiger partial charge >= 0.3 is 0 Å². The van der Waals surface area contributed by atoms with Crippen molar-refractivity contribution in [1.29, 1.82) is 0 Å². The SMILES string of the molecule is COC[C@H](c1ccccc1)N1[C@H](c2ccccc2)[C@@H]1c1nc(C)cs1. The molecule has 2 heterocycles. The van der Waals surface area contributed by atoms with Gasteiger partial charge in [0.05, 0.1) is 24.7 Å². The number of hydrogen-bond acceptors (Lipinski definition) is 4. The second-order valence-corrected chi connectivity index (χ2v) is 7.35. The molecular weight excluding hydrogens is 328 g/mol. The molecule has 4 heteroatoms. The van der Waals surface area contributed by atoms with Crippen LogP contribution < -0.4 is 0 Å². The molecule has 1 unspecified atom stereocenters. The molecule has 0 radical (unpaired) electrons. The monoisotopic (exact) mass is 350 g/mol. The van der Waals surface area contributed by atoms with Gasteiger partial charge in [-0.2, -0.15) is 0 Å². The number of methoxy groups -OCH3 is 1. The first-order chi connectivity index (χ1) is 12.3. The molecule has 3 nitrogen and oxygen atoms in total. The van der Waals surface area contributed by atoms with Crippen molar-refractivity contribution >= 4 is 11.3 Å². The van der Waals surface area contributed by atoms with Crippen molar-refractivity contribution in [1.82, 2.24) is 9.88 Å². The van der Waals surface area contributed by atoms with Gasteiger partial charge in [0, 0.05) is 18.2 Å². The van der Waals surface area contributed by atoms with Crippen molar-refractivity contribution in [2.45, 2.75) is 25.0 Å². The van der Waals surface area contributed by atoms with Gasteiger partial charge in [0.2, 0.25) is 0 Å².